The van der Waals surface area contributed by atoms with Crippen LogP contribution in [0.25, 0.3) is 21.8 Å². The number of carbonyl (C=O) groups is 1. The minimum Gasteiger partial charge on any atom is -0.456 e. The summed E-state index contributed by atoms with van der Waals surface area (Å²) in [5, 5.41) is 2.11. The number of para-hydroxylation sites is 1. The Labute approximate surface area is 131 Å². The van der Waals surface area contributed by atoms with E-state index in [1.54, 1.807) is 6.07 Å². The van der Waals surface area contributed by atoms with E-state index in [1.165, 1.54) is 0 Å². The molecule has 0 aliphatic heterocycles. The highest BCUT2D eigenvalue weighted by molar-refractivity contribution is 9.10. The fourth-order valence-electron chi connectivity index (χ4n) is 2.41. The predicted octanol–water partition coefficient (Wildman–Crippen LogP) is 5.04. The maximum absolute atomic E-state index is 12.4. The summed E-state index contributed by atoms with van der Waals surface area (Å²) in [4.78, 5) is 15.8. The fraction of sp³-hybridized carbons (Fsp3) is 0.235. The van der Waals surface area contributed by atoms with Gasteiger partial charge in [0.1, 0.15) is 5.60 Å². The summed E-state index contributed by atoms with van der Waals surface area (Å²) in [5.74, 6) is -0.319. The second-order valence-corrected chi connectivity index (χ2v) is 6.96. The zero-order valence-electron chi connectivity index (χ0n) is 12.2. The Balaban J connectivity index is 2.25. The van der Waals surface area contributed by atoms with Crippen molar-refractivity contribution in [1.29, 1.82) is 0 Å². The summed E-state index contributed by atoms with van der Waals surface area (Å²) in [6, 6.07) is 11.8. The molecule has 1 aromatic heterocycles. The quantitative estimate of drug-likeness (QED) is 0.627. The van der Waals surface area contributed by atoms with Crippen LogP contribution in [0.5, 0.6) is 0 Å². The molecule has 3 aromatic rings. The average molecular weight is 346 g/mol. The van der Waals surface area contributed by atoms with Gasteiger partial charge >= 0.3 is 5.97 Å². The molecule has 0 aliphatic carbocycles. The number of carbonyl (C=O) groups excluding carboxylic acids is 1. The van der Waals surface area contributed by atoms with Gasteiger partial charge in [-0.1, -0.05) is 34.1 Å². The topological polar surface area (TPSA) is 42.1 Å². The van der Waals surface area contributed by atoms with E-state index in [0.29, 0.717) is 5.56 Å². The number of aromatic nitrogens is 1. The number of rotatable bonds is 1. The van der Waals surface area contributed by atoms with Gasteiger partial charge in [0.2, 0.25) is 0 Å². The fourth-order valence-corrected chi connectivity index (χ4v) is 2.87. The van der Waals surface area contributed by atoms with Crippen LogP contribution >= 0.6 is 15.9 Å². The molecule has 0 unspecified atom stereocenters. The number of benzene rings is 2. The van der Waals surface area contributed by atoms with Gasteiger partial charge in [0.05, 0.1) is 11.1 Å². The van der Waals surface area contributed by atoms with Crippen LogP contribution in [-0.4, -0.2) is 16.6 Å². The number of halogens is 1. The van der Waals surface area contributed by atoms with Crippen molar-refractivity contribution >= 4 is 43.7 Å². The first-order valence-electron chi connectivity index (χ1n) is 6.78. The Morgan fingerprint density at radius 2 is 1.86 bits per heavy atom. The van der Waals surface area contributed by atoms with Gasteiger partial charge in [0.25, 0.3) is 0 Å². The molecule has 0 bridgehead atoms. The number of hydrogen-bond acceptors (Lipinski definition) is 2. The first-order chi connectivity index (χ1) is 9.85. The molecule has 0 spiro atoms. The Kier molecular flexibility index (Phi) is 3.29. The minimum atomic E-state index is -0.516. The molecular formula is C17H16BrNO2. The van der Waals surface area contributed by atoms with Gasteiger partial charge in [0, 0.05) is 20.8 Å². The molecule has 2 aromatic carbocycles. The average Bonchev–Trinajstić information content (AvgIpc) is 2.74. The van der Waals surface area contributed by atoms with Gasteiger partial charge in [-0.3, -0.25) is 0 Å². The molecule has 1 N–H and O–H groups in total. The van der Waals surface area contributed by atoms with E-state index in [1.807, 2.05) is 51.1 Å². The van der Waals surface area contributed by atoms with Crippen LogP contribution in [0.3, 0.4) is 0 Å². The van der Waals surface area contributed by atoms with E-state index < -0.39 is 5.60 Å². The summed E-state index contributed by atoms with van der Waals surface area (Å²) in [5.41, 5.74) is 1.85. The van der Waals surface area contributed by atoms with Crippen LogP contribution in [0.1, 0.15) is 31.1 Å². The van der Waals surface area contributed by atoms with Crippen molar-refractivity contribution in [2.45, 2.75) is 26.4 Å². The van der Waals surface area contributed by atoms with Crippen LogP contribution in [0.4, 0.5) is 0 Å². The maximum Gasteiger partial charge on any atom is 0.340 e. The number of hydrogen-bond donors (Lipinski definition) is 1. The van der Waals surface area contributed by atoms with Crippen molar-refractivity contribution in [3.8, 4) is 0 Å². The van der Waals surface area contributed by atoms with Crippen molar-refractivity contribution in [1.82, 2.24) is 4.98 Å². The molecule has 3 nitrogen and oxygen atoms in total. The Bertz CT molecular complexity index is 843. The van der Waals surface area contributed by atoms with Crippen LogP contribution in [-0.2, 0) is 4.74 Å². The normalized spacial score (nSPS) is 12.0. The summed E-state index contributed by atoms with van der Waals surface area (Å²) in [7, 11) is 0. The summed E-state index contributed by atoms with van der Waals surface area (Å²) in [6.45, 7) is 5.60. The van der Waals surface area contributed by atoms with Crippen LogP contribution < -0.4 is 0 Å². The van der Waals surface area contributed by atoms with Gasteiger partial charge in [-0.15, -0.1) is 0 Å². The van der Waals surface area contributed by atoms with Crippen molar-refractivity contribution < 1.29 is 9.53 Å². The molecule has 0 saturated carbocycles. The third-order valence-corrected chi connectivity index (χ3v) is 3.66. The SMILES string of the molecule is CC(C)(C)OC(=O)c1cc(Br)cc2c1[nH]c1ccccc12. The van der Waals surface area contributed by atoms with E-state index in [-0.39, 0.29) is 5.97 Å². The Hall–Kier alpha value is -1.81. The molecule has 0 fully saturated rings. The van der Waals surface area contributed by atoms with Gasteiger partial charge in [-0.2, -0.15) is 0 Å². The second kappa shape index (κ2) is 4.88. The zero-order valence-corrected chi connectivity index (χ0v) is 13.7. The van der Waals surface area contributed by atoms with E-state index >= 15 is 0 Å². The lowest BCUT2D eigenvalue weighted by Crippen LogP contribution is -2.24. The van der Waals surface area contributed by atoms with Crippen molar-refractivity contribution in [2.24, 2.45) is 0 Å². The van der Waals surface area contributed by atoms with E-state index in [9.17, 15) is 4.79 Å². The highest BCUT2D eigenvalue weighted by Gasteiger charge is 2.21. The van der Waals surface area contributed by atoms with Crippen molar-refractivity contribution in [3.63, 3.8) is 0 Å². The molecule has 108 valence electrons. The van der Waals surface area contributed by atoms with Crippen LogP contribution in [0, 0.1) is 0 Å². The van der Waals surface area contributed by atoms with Gasteiger partial charge in [0.15, 0.2) is 0 Å². The molecule has 4 heteroatoms. The molecule has 0 amide bonds. The smallest absolute Gasteiger partial charge is 0.340 e. The van der Waals surface area contributed by atoms with Crippen LogP contribution in [0.2, 0.25) is 0 Å². The first kappa shape index (κ1) is 14.1. The summed E-state index contributed by atoms with van der Waals surface area (Å²) >= 11 is 3.48. The Morgan fingerprint density at radius 1 is 1.14 bits per heavy atom. The van der Waals surface area contributed by atoms with Crippen molar-refractivity contribution in [3.05, 3.63) is 46.4 Å². The van der Waals surface area contributed by atoms with E-state index in [0.717, 1.165) is 26.3 Å². The minimum absolute atomic E-state index is 0.319. The third kappa shape index (κ3) is 2.68. The standard InChI is InChI=1S/C17H16BrNO2/c1-17(2,3)21-16(20)13-9-10(18)8-12-11-6-4-5-7-14(11)19-15(12)13/h4-9,19H,1-3H3. The molecule has 0 aliphatic rings. The maximum atomic E-state index is 12.4. The molecule has 1 heterocycles. The molecular weight excluding hydrogens is 330 g/mol. The molecule has 0 radical (unpaired) electrons. The highest BCUT2D eigenvalue weighted by Crippen LogP contribution is 2.31. The van der Waals surface area contributed by atoms with Gasteiger partial charge < -0.3 is 9.72 Å². The molecule has 3 rings (SSSR count). The third-order valence-electron chi connectivity index (χ3n) is 3.20. The molecule has 0 saturated heterocycles. The second-order valence-electron chi connectivity index (χ2n) is 6.05. The van der Waals surface area contributed by atoms with E-state index in [2.05, 4.69) is 20.9 Å². The highest BCUT2D eigenvalue weighted by atomic mass is 79.9. The summed E-state index contributed by atoms with van der Waals surface area (Å²) < 4.78 is 6.36. The molecule has 0 atom stereocenters. The van der Waals surface area contributed by atoms with E-state index in [4.69, 9.17) is 4.74 Å². The lowest BCUT2D eigenvalue weighted by molar-refractivity contribution is 0.00716. The number of ether oxygens (including phenoxy) is 1. The summed E-state index contributed by atoms with van der Waals surface area (Å²) in [6.07, 6.45) is 0. The number of fused-ring (bicyclic) bond motifs is 3. The lowest BCUT2D eigenvalue weighted by atomic mass is 10.1. The van der Waals surface area contributed by atoms with Gasteiger partial charge in [-0.25, -0.2) is 4.79 Å². The van der Waals surface area contributed by atoms with Crippen molar-refractivity contribution in [2.75, 3.05) is 0 Å². The molecule has 21 heavy (non-hydrogen) atoms. The zero-order chi connectivity index (χ0) is 15.2. The lowest BCUT2D eigenvalue weighted by Gasteiger charge is -2.19. The Morgan fingerprint density at radius 3 is 2.57 bits per heavy atom. The predicted molar refractivity (Wildman–Crippen MR) is 88.7 cm³/mol. The number of nitrogens with one attached hydrogen (secondary N) is 1. The largest absolute Gasteiger partial charge is 0.456 e. The number of H-pyrrole nitrogens is 1. The van der Waals surface area contributed by atoms with Crippen LogP contribution in [0.15, 0.2) is 40.9 Å². The van der Waals surface area contributed by atoms with Gasteiger partial charge in [-0.05, 0) is 39.0 Å². The number of aromatic amines is 1. The number of esters is 1. The monoisotopic (exact) mass is 345 g/mol. The first-order valence-corrected chi connectivity index (χ1v) is 7.58.